The second-order valence-corrected chi connectivity index (χ2v) is 6.13. The molecular formula is C16H16Cl3N. The predicted octanol–water partition coefficient (Wildman–Crippen LogP) is 5.37. The molecule has 0 aromatic heterocycles. The zero-order valence-electron chi connectivity index (χ0n) is 11.2. The summed E-state index contributed by atoms with van der Waals surface area (Å²) in [5.41, 5.74) is 2.23. The summed E-state index contributed by atoms with van der Waals surface area (Å²) in [6, 6.07) is 13.8. The summed E-state index contributed by atoms with van der Waals surface area (Å²) < 4.78 is 0. The third-order valence-corrected chi connectivity index (χ3v) is 3.92. The SMILES string of the molecule is CC(Cc1cccc(Cl)c1)NCc1cc(Cl)ccc1Cl. The van der Waals surface area contributed by atoms with Crippen LogP contribution in [0.5, 0.6) is 0 Å². The van der Waals surface area contributed by atoms with Gasteiger partial charge in [0, 0.05) is 27.7 Å². The Morgan fingerprint density at radius 2 is 1.75 bits per heavy atom. The number of nitrogens with one attached hydrogen (secondary N) is 1. The molecule has 2 aromatic carbocycles. The van der Waals surface area contributed by atoms with Crippen LogP contribution in [0, 0.1) is 0 Å². The first kappa shape index (κ1) is 15.7. The lowest BCUT2D eigenvalue weighted by Crippen LogP contribution is -2.27. The zero-order chi connectivity index (χ0) is 14.5. The molecule has 0 spiro atoms. The highest BCUT2D eigenvalue weighted by Gasteiger charge is 2.06. The average molecular weight is 329 g/mol. The fraction of sp³-hybridized carbons (Fsp3) is 0.250. The van der Waals surface area contributed by atoms with E-state index in [9.17, 15) is 0 Å². The summed E-state index contributed by atoms with van der Waals surface area (Å²) in [4.78, 5) is 0. The third kappa shape index (κ3) is 4.68. The summed E-state index contributed by atoms with van der Waals surface area (Å²) in [7, 11) is 0. The van der Waals surface area contributed by atoms with Crippen LogP contribution in [0.2, 0.25) is 15.1 Å². The highest BCUT2D eigenvalue weighted by molar-refractivity contribution is 6.33. The summed E-state index contributed by atoms with van der Waals surface area (Å²) >= 11 is 18.1. The van der Waals surface area contributed by atoms with Gasteiger partial charge in [-0.1, -0.05) is 46.9 Å². The van der Waals surface area contributed by atoms with Gasteiger partial charge in [-0.2, -0.15) is 0 Å². The van der Waals surface area contributed by atoms with Crippen molar-refractivity contribution in [2.24, 2.45) is 0 Å². The summed E-state index contributed by atoms with van der Waals surface area (Å²) in [5.74, 6) is 0. The maximum atomic E-state index is 6.14. The van der Waals surface area contributed by atoms with E-state index in [0.717, 1.165) is 22.0 Å². The predicted molar refractivity (Wildman–Crippen MR) is 87.9 cm³/mol. The molecule has 1 N–H and O–H groups in total. The van der Waals surface area contributed by atoms with Gasteiger partial charge in [-0.25, -0.2) is 0 Å². The van der Waals surface area contributed by atoms with Crippen molar-refractivity contribution in [3.8, 4) is 0 Å². The fourth-order valence-corrected chi connectivity index (χ4v) is 2.64. The molecule has 20 heavy (non-hydrogen) atoms. The molecular weight excluding hydrogens is 313 g/mol. The third-order valence-electron chi connectivity index (χ3n) is 3.08. The highest BCUT2D eigenvalue weighted by Crippen LogP contribution is 2.20. The Bertz CT molecular complexity index is 584. The maximum Gasteiger partial charge on any atom is 0.0451 e. The fourth-order valence-electron chi connectivity index (χ4n) is 2.05. The summed E-state index contributed by atoms with van der Waals surface area (Å²) in [5, 5.41) is 5.66. The van der Waals surface area contributed by atoms with Crippen molar-refractivity contribution in [1.82, 2.24) is 5.32 Å². The molecule has 0 aliphatic heterocycles. The lowest BCUT2D eigenvalue weighted by Gasteiger charge is -2.15. The maximum absolute atomic E-state index is 6.14. The van der Waals surface area contributed by atoms with E-state index in [2.05, 4.69) is 18.3 Å². The quantitative estimate of drug-likeness (QED) is 0.778. The molecule has 0 aliphatic carbocycles. The first-order valence-corrected chi connectivity index (χ1v) is 7.60. The van der Waals surface area contributed by atoms with Crippen LogP contribution in [-0.4, -0.2) is 6.04 Å². The van der Waals surface area contributed by atoms with Gasteiger partial charge < -0.3 is 5.32 Å². The van der Waals surface area contributed by atoms with E-state index in [1.165, 1.54) is 5.56 Å². The van der Waals surface area contributed by atoms with Crippen LogP contribution in [0.3, 0.4) is 0 Å². The molecule has 1 nitrogen and oxygen atoms in total. The summed E-state index contributed by atoms with van der Waals surface area (Å²) in [6.45, 7) is 2.83. The monoisotopic (exact) mass is 327 g/mol. The Morgan fingerprint density at radius 1 is 1.00 bits per heavy atom. The van der Waals surface area contributed by atoms with E-state index in [4.69, 9.17) is 34.8 Å². The van der Waals surface area contributed by atoms with Crippen LogP contribution >= 0.6 is 34.8 Å². The minimum Gasteiger partial charge on any atom is -0.310 e. The molecule has 0 fully saturated rings. The van der Waals surface area contributed by atoms with Crippen LogP contribution in [0.1, 0.15) is 18.1 Å². The first-order chi connectivity index (χ1) is 9.54. The molecule has 0 saturated carbocycles. The number of hydrogen-bond acceptors (Lipinski definition) is 1. The Balaban J connectivity index is 1.92. The lowest BCUT2D eigenvalue weighted by atomic mass is 10.1. The number of halogens is 3. The van der Waals surface area contributed by atoms with Crippen LogP contribution in [-0.2, 0) is 13.0 Å². The number of rotatable bonds is 5. The van der Waals surface area contributed by atoms with E-state index in [0.29, 0.717) is 17.6 Å². The minimum absolute atomic E-state index is 0.323. The van der Waals surface area contributed by atoms with E-state index in [1.54, 1.807) is 6.07 Å². The molecule has 0 aliphatic rings. The van der Waals surface area contributed by atoms with Gasteiger partial charge in [0.25, 0.3) is 0 Å². The van der Waals surface area contributed by atoms with E-state index in [1.807, 2.05) is 30.3 Å². The van der Waals surface area contributed by atoms with Gasteiger partial charge >= 0.3 is 0 Å². The Labute approximate surface area is 134 Å². The van der Waals surface area contributed by atoms with Gasteiger partial charge in [0.1, 0.15) is 0 Å². The highest BCUT2D eigenvalue weighted by atomic mass is 35.5. The Hall–Kier alpha value is -0.730. The van der Waals surface area contributed by atoms with Crippen LogP contribution in [0.4, 0.5) is 0 Å². The van der Waals surface area contributed by atoms with Crippen LogP contribution < -0.4 is 5.32 Å². The standard InChI is InChI=1S/C16H16Cl3N/c1-11(7-12-3-2-4-14(17)8-12)20-10-13-9-15(18)5-6-16(13)19/h2-6,8-9,11,20H,7,10H2,1H3. The van der Waals surface area contributed by atoms with Gasteiger partial charge in [0.2, 0.25) is 0 Å². The number of benzene rings is 2. The van der Waals surface area contributed by atoms with Crippen molar-refractivity contribution in [2.75, 3.05) is 0 Å². The Kier molecular flexibility index (Phi) is 5.74. The molecule has 2 aromatic rings. The molecule has 2 rings (SSSR count). The van der Waals surface area contributed by atoms with Crippen molar-refractivity contribution in [3.63, 3.8) is 0 Å². The average Bonchev–Trinajstić information content (AvgIpc) is 2.40. The van der Waals surface area contributed by atoms with Gasteiger partial charge in [0.15, 0.2) is 0 Å². The largest absolute Gasteiger partial charge is 0.310 e. The van der Waals surface area contributed by atoms with Crippen LogP contribution in [0.25, 0.3) is 0 Å². The molecule has 1 unspecified atom stereocenters. The normalized spacial score (nSPS) is 12.4. The zero-order valence-corrected chi connectivity index (χ0v) is 13.4. The molecule has 4 heteroatoms. The molecule has 0 amide bonds. The van der Waals surface area contributed by atoms with E-state index in [-0.39, 0.29) is 0 Å². The van der Waals surface area contributed by atoms with E-state index < -0.39 is 0 Å². The molecule has 0 heterocycles. The molecule has 1 atom stereocenters. The lowest BCUT2D eigenvalue weighted by molar-refractivity contribution is 0.545. The molecule has 106 valence electrons. The van der Waals surface area contributed by atoms with Crippen molar-refractivity contribution in [3.05, 3.63) is 68.7 Å². The Morgan fingerprint density at radius 3 is 2.50 bits per heavy atom. The van der Waals surface area contributed by atoms with Gasteiger partial charge in [-0.3, -0.25) is 0 Å². The molecule has 0 saturated heterocycles. The molecule has 0 radical (unpaired) electrons. The van der Waals surface area contributed by atoms with Crippen molar-refractivity contribution in [2.45, 2.75) is 25.9 Å². The second-order valence-electron chi connectivity index (χ2n) is 4.85. The van der Waals surface area contributed by atoms with E-state index >= 15 is 0 Å². The van der Waals surface area contributed by atoms with Gasteiger partial charge in [-0.05, 0) is 54.8 Å². The summed E-state index contributed by atoms with van der Waals surface area (Å²) in [6.07, 6.45) is 0.915. The second kappa shape index (κ2) is 7.33. The van der Waals surface area contributed by atoms with Gasteiger partial charge in [0.05, 0.1) is 0 Å². The van der Waals surface area contributed by atoms with Crippen molar-refractivity contribution >= 4 is 34.8 Å². The first-order valence-electron chi connectivity index (χ1n) is 6.46. The van der Waals surface area contributed by atoms with Gasteiger partial charge in [-0.15, -0.1) is 0 Å². The minimum atomic E-state index is 0.323. The van der Waals surface area contributed by atoms with Crippen molar-refractivity contribution < 1.29 is 0 Å². The number of hydrogen-bond donors (Lipinski definition) is 1. The topological polar surface area (TPSA) is 12.0 Å². The molecule has 0 bridgehead atoms. The smallest absolute Gasteiger partial charge is 0.0451 e. The van der Waals surface area contributed by atoms with Crippen LogP contribution in [0.15, 0.2) is 42.5 Å². The van der Waals surface area contributed by atoms with Crippen molar-refractivity contribution in [1.29, 1.82) is 0 Å².